The molecule has 1 aromatic carbocycles. The Bertz CT molecular complexity index is 276. The molecule has 0 aliphatic carbocycles. The van der Waals surface area contributed by atoms with Crippen LogP contribution in [0.15, 0.2) is 30.3 Å². The third kappa shape index (κ3) is 2.80. The summed E-state index contributed by atoms with van der Waals surface area (Å²) in [4.78, 5) is 0. The van der Waals surface area contributed by atoms with Gasteiger partial charge in [-0.1, -0.05) is 30.3 Å². The number of rotatable bonds is 3. The number of hydrogen-bond donors (Lipinski definition) is 2. The Kier molecular flexibility index (Phi) is 3.75. The van der Waals surface area contributed by atoms with E-state index >= 15 is 0 Å². The molecule has 0 amide bonds. The monoisotopic (exact) mass is 204 g/mol. The van der Waals surface area contributed by atoms with Crippen LogP contribution in [0.4, 0.5) is 0 Å². The summed E-state index contributed by atoms with van der Waals surface area (Å²) in [6.45, 7) is 1.94. The predicted molar refractivity (Wildman–Crippen MR) is 63.6 cm³/mol. The van der Waals surface area contributed by atoms with E-state index in [9.17, 15) is 0 Å². The Morgan fingerprint density at radius 3 is 2.60 bits per heavy atom. The second-order valence-corrected chi connectivity index (χ2v) is 4.39. The Balaban J connectivity index is 1.88. The van der Waals surface area contributed by atoms with Crippen LogP contribution in [0.1, 0.15) is 30.9 Å². The maximum absolute atomic E-state index is 5.58. The van der Waals surface area contributed by atoms with Gasteiger partial charge < -0.3 is 11.1 Å². The molecule has 3 N–H and O–H groups in total. The molecule has 1 aliphatic rings. The summed E-state index contributed by atoms with van der Waals surface area (Å²) in [5.41, 5.74) is 7.00. The third-order valence-corrected chi connectivity index (χ3v) is 3.29. The van der Waals surface area contributed by atoms with Gasteiger partial charge in [-0.15, -0.1) is 0 Å². The molecule has 0 aromatic heterocycles. The minimum absolute atomic E-state index is 0.556. The average Bonchev–Trinajstić information content (AvgIpc) is 2.32. The number of hydrogen-bond acceptors (Lipinski definition) is 2. The second kappa shape index (κ2) is 5.29. The lowest BCUT2D eigenvalue weighted by molar-refractivity contribution is 0.304. The molecular weight excluding hydrogens is 184 g/mol. The highest BCUT2D eigenvalue weighted by molar-refractivity contribution is 5.19. The van der Waals surface area contributed by atoms with E-state index in [1.807, 2.05) is 0 Å². The Morgan fingerprint density at radius 1 is 1.20 bits per heavy atom. The lowest BCUT2D eigenvalue weighted by atomic mass is 9.89. The molecule has 1 aliphatic heterocycles. The molecule has 0 saturated carbocycles. The summed E-state index contributed by atoms with van der Waals surface area (Å²) in [6.07, 6.45) is 3.72. The van der Waals surface area contributed by atoms with E-state index in [1.165, 1.54) is 18.4 Å². The number of nitrogens with two attached hydrogens (primary N) is 1. The highest BCUT2D eigenvalue weighted by atomic mass is 14.9. The van der Waals surface area contributed by atoms with Crippen LogP contribution in [0.5, 0.6) is 0 Å². The van der Waals surface area contributed by atoms with Gasteiger partial charge >= 0.3 is 0 Å². The molecule has 1 aromatic rings. The SMILES string of the molecule is NCCC1CCC(c2ccccc2)NC1. The minimum Gasteiger partial charge on any atom is -0.330 e. The lowest BCUT2D eigenvalue weighted by Gasteiger charge is -2.30. The Morgan fingerprint density at radius 2 is 2.00 bits per heavy atom. The van der Waals surface area contributed by atoms with Crippen LogP contribution in [0.25, 0.3) is 0 Å². The van der Waals surface area contributed by atoms with Crippen LogP contribution in [0.3, 0.4) is 0 Å². The zero-order valence-electron chi connectivity index (χ0n) is 9.15. The Labute approximate surface area is 91.9 Å². The third-order valence-electron chi connectivity index (χ3n) is 3.29. The quantitative estimate of drug-likeness (QED) is 0.791. The fraction of sp³-hybridized carbons (Fsp3) is 0.538. The van der Waals surface area contributed by atoms with Crippen molar-refractivity contribution in [3.63, 3.8) is 0 Å². The summed E-state index contributed by atoms with van der Waals surface area (Å²) in [5.74, 6) is 0.787. The van der Waals surface area contributed by atoms with Gasteiger partial charge in [0.15, 0.2) is 0 Å². The summed E-state index contributed by atoms with van der Waals surface area (Å²) in [5, 5.41) is 3.61. The summed E-state index contributed by atoms with van der Waals surface area (Å²) >= 11 is 0. The van der Waals surface area contributed by atoms with Crippen molar-refractivity contribution in [3.8, 4) is 0 Å². The zero-order chi connectivity index (χ0) is 10.5. The molecule has 2 atom stereocenters. The van der Waals surface area contributed by atoms with E-state index in [0.717, 1.165) is 25.4 Å². The highest BCUT2D eigenvalue weighted by Gasteiger charge is 2.20. The van der Waals surface area contributed by atoms with Crippen molar-refractivity contribution in [1.29, 1.82) is 0 Å². The molecule has 2 nitrogen and oxygen atoms in total. The van der Waals surface area contributed by atoms with E-state index < -0.39 is 0 Å². The fourth-order valence-corrected chi connectivity index (χ4v) is 2.37. The molecule has 2 unspecified atom stereocenters. The van der Waals surface area contributed by atoms with E-state index in [4.69, 9.17) is 5.73 Å². The molecule has 0 bridgehead atoms. The molecule has 2 heteroatoms. The number of piperidine rings is 1. The number of benzene rings is 1. The van der Waals surface area contributed by atoms with Crippen LogP contribution >= 0.6 is 0 Å². The van der Waals surface area contributed by atoms with Crippen LogP contribution in [-0.4, -0.2) is 13.1 Å². The van der Waals surface area contributed by atoms with Gasteiger partial charge in [-0.05, 0) is 43.8 Å². The molecule has 82 valence electrons. The van der Waals surface area contributed by atoms with Crippen molar-refractivity contribution in [3.05, 3.63) is 35.9 Å². The molecule has 0 radical (unpaired) electrons. The van der Waals surface area contributed by atoms with E-state index in [-0.39, 0.29) is 0 Å². The topological polar surface area (TPSA) is 38.0 Å². The first-order valence-electron chi connectivity index (χ1n) is 5.88. The zero-order valence-corrected chi connectivity index (χ0v) is 9.15. The average molecular weight is 204 g/mol. The Hall–Kier alpha value is -0.860. The smallest absolute Gasteiger partial charge is 0.0320 e. The van der Waals surface area contributed by atoms with Gasteiger partial charge in [-0.2, -0.15) is 0 Å². The van der Waals surface area contributed by atoms with E-state index in [2.05, 4.69) is 35.6 Å². The fourth-order valence-electron chi connectivity index (χ4n) is 2.37. The van der Waals surface area contributed by atoms with Crippen molar-refractivity contribution in [2.24, 2.45) is 11.7 Å². The molecule has 0 spiro atoms. The van der Waals surface area contributed by atoms with Crippen LogP contribution in [0, 0.1) is 5.92 Å². The van der Waals surface area contributed by atoms with E-state index in [0.29, 0.717) is 6.04 Å². The number of nitrogens with one attached hydrogen (secondary N) is 1. The first-order valence-corrected chi connectivity index (χ1v) is 5.88. The molecule has 15 heavy (non-hydrogen) atoms. The van der Waals surface area contributed by atoms with Crippen LogP contribution in [0.2, 0.25) is 0 Å². The highest BCUT2D eigenvalue weighted by Crippen LogP contribution is 2.26. The molecule has 2 rings (SSSR count). The van der Waals surface area contributed by atoms with Gasteiger partial charge in [0, 0.05) is 6.04 Å². The standard InChI is InChI=1S/C13H20N2/c14-9-8-11-6-7-13(15-10-11)12-4-2-1-3-5-12/h1-5,11,13,15H,6-10,14H2. The van der Waals surface area contributed by atoms with Crippen molar-refractivity contribution in [2.75, 3.05) is 13.1 Å². The normalized spacial score (nSPS) is 26.5. The lowest BCUT2D eigenvalue weighted by Crippen LogP contribution is -2.34. The van der Waals surface area contributed by atoms with Gasteiger partial charge in [0.05, 0.1) is 0 Å². The molecular formula is C13H20N2. The van der Waals surface area contributed by atoms with E-state index in [1.54, 1.807) is 0 Å². The molecule has 1 fully saturated rings. The first kappa shape index (κ1) is 10.7. The predicted octanol–water partition coefficient (Wildman–Crippen LogP) is 2.08. The van der Waals surface area contributed by atoms with Gasteiger partial charge in [-0.3, -0.25) is 0 Å². The van der Waals surface area contributed by atoms with Gasteiger partial charge in [0.25, 0.3) is 0 Å². The summed E-state index contributed by atoms with van der Waals surface area (Å²) in [6, 6.07) is 11.3. The minimum atomic E-state index is 0.556. The first-order chi connectivity index (χ1) is 7.40. The van der Waals surface area contributed by atoms with Crippen molar-refractivity contribution in [1.82, 2.24) is 5.32 Å². The van der Waals surface area contributed by atoms with Crippen molar-refractivity contribution >= 4 is 0 Å². The largest absolute Gasteiger partial charge is 0.330 e. The van der Waals surface area contributed by atoms with Gasteiger partial charge in [0.1, 0.15) is 0 Å². The maximum Gasteiger partial charge on any atom is 0.0320 e. The summed E-state index contributed by atoms with van der Waals surface area (Å²) < 4.78 is 0. The second-order valence-electron chi connectivity index (χ2n) is 4.39. The van der Waals surface area contributed by atoms with Gasteiger partial charge in [0.2, 0.25) is 0 Å². The van der Waals surface area contributed by atoms with Crippen molar-refractivity contribution in [2.45, 2.75) is 25.3 Å². The van der Waals surface area contributed by atoms with Crippen LogP contribution in [-0.2, 0) is 0 Å². The summed E-state index contributed by atoms with van der Waals surface area (Å²) in [7, 11) is 0. The van der Waals surface area contributed by atoms with Gasteiger partial charge in [-0.25, -0.2) is 0 Å². The molecule has 1 saturated heterocycles. The van der Waals surface area contributed by atoms with Crippen molar-refractivity contribution < 1.29 is 0 Å². The maximum atomic E-state index is 5.58. The van der Waals surface area contributed by atoms with Crippen LogP contribution < -0.4 is 11.1 Å². The molecule has 1 heterocycles.